The molecule has 20 heavy (non-hydrogen) atoms. The van der Waals surface area contributed by atoms with Crippen LogP contribution in [0.5, 0.6) is 0 Å². The smallest absolute Gasteiger partial charge is 0.159 e. The molecule has 3 heteroatoms. The van der Waals surface area contributed by atoms with Crippen LogP contribution in [-0.4, -0.2) is 10.8 Å². The number of nitrogens with one attached hydrogen (secondary N) is 1. The summed E-state index contributed by atoms with van der Waals surface area (Å²) in [6.45, 7) is 9.51. The molecule has 0 atom stereocenters. The highest BCUT2D eigenvalue weighted by Crippen LogP contribution is 2.16. The molecule has 2 rings (SSSR count). The second-order valence-electron chi connectivity index (χ2n) is 3.95. The highest BCUT2D eigenvalue weighted by molar-refractivity contribution is 5.94. The summed E-state index contributed by atoms with van der Waals surface area (Å²) in [7, 11) is 0. The van der Waals surface area contributed by atoms with Crippen molar-refractivity contribution in [2.24, 2.45) is 0 Å². The number of ketones is 1. The normalized spacial score (nSPS) is 9.15. The highest BCUT2D eigenvalue weighted by atomic mass is 16.1. The van der Waals surface area contributed by atoms with Crippen LogP contribution >= 0.6 is 0 Å². The predicted octanol–water partition coefficient (Wildman–Crippen LogP) is 4.39. The van der Waals surface area contributed by atoms with Crippen LogP contribution in [0.15, 0.2) is 55.2 Å². The summed E-state index contributed by atoms with van der Waals surface area (Å²) in [5.74, 6) is 0.808. The molecule has 0 bridgehead atoms. The summed E-state index contributed by atoms with van der Waals surface area (Å²) in [6.07, 6.45) is 1.72. The fourth-order valence-corrected chi connectivity index (χ4v) is 1.57. The predicted molar refractivity (Wildman–Crippen MR) is 84.7 cm³/mol. The van der Waals surface area contributed by atoms with Crippen molar-refractivity contribution in [3.63, 3.8) is 0 Å². The van der Waals surface area contributed by atoms with Crippen LogP contribution in [0, 0.1) is 0 Å². The number of hydrogen-bond acceptors (Lipinski definition) is 3. The minimum absolute atomic E-state index is 0.0600. The second-order valence-corrected chi connectivity index (χ2v) is 3.95. The van der Waals surface area contributed by atoms with Crippen molar-refractivity contribution >= 4 is 17.3 Å². The van der Waals surface area contributed by atoms with Gasteiger partial charge in [0.2, 0.25) is 0 Å². The quantitative estimate of drug-likeness (QED) is 0.836. The Labute approximate surface area is 120 Å². The first-order chi connectivity index (χ1) is 9.66. The molecular formula is C17H20N2O. The van der Waals surface area contributed by atoms with E-state index < -0.39 is 0 Å². The SMILES string of the molecule is C=C(Nc1ccccn1)c1ccc(C(C)=O)cc1.CC. The lowest BCUT2D eigenvalue weighted by Gasteiger charge is -2.09. The molecule has 0 amide bonds. The van der Waals surface area contributed by atoms with Crippen LogP contribution in [0.1, 0.15) is 36.7 Å². The van der Waals surface area contributed by atoms with E-state index in [1.54, 1.807) is 25.3 Å². The van der Waals surface area contributed by atoms with Crippen molar-refractivity contribution in [3.8, 4) is 0 Å². The van der Waals surface area contributed by atoms with Crippen molar-refractivity contribution < 1.29 is 4.79 Å². The molecule has 0 aliphatic heterocycles. The van der Waals surface area contributed by atoms with Gasteiger partial charge in [-0.3, -0.25) is 4.79 Å². The topological polar surface area (TPSA) is 42.0 Å². The molecule has 0 spiro atoms. The average molecular weight is 268 g/mol. The van der Waals surface area contributed by atoms with Gasteiger partial charge in [0, 0.05) is 17.5 Å². The summed E-state index contributed by atoms with van der Waals surface area (Å²) in [4.78, 5) is 15.3. The monoisotopic (exact) mass is 268 g/mol. The first kappa shape index (κ1) is 15.6. The third-order valence-corrected chi connectivity index (χ3v) is 2.58. The molecule has 0 aliphatic rings. The summed E-state index contributed by atoms with van der Waals surface area (Å²) in [5, 5.41) is 3.12. The van der Waals surface area contributed by atoms with E-state index in [4.69, 9.17) is 0 Å². The van der Waals surface area contributed by atoms with Gasteiger partial charge < -0.3 is 5.32 Å². The number of benzene rings is 1. The Bertz CT molecular complexity index is 559. The van der Waals surface area contributed by atoms with E-state index in [1.807, 2.05) is 44.2 Å². The van der Waals surface area contributed by atoms with Gasteiger partial charge in [0.15, 0.2) is 5.78 Å². The van der Waals surface area contributed by atoms with Gasteiger partial charge in [-0.05, 0) is 24.6 Å². The van der Waals surface area contributed by atoms with Crippen LogP contribution < -0.4 is 5.32 Å². The molecule has 1 aromatic carbocycles. The first-order valence-electron chi connectivity index (χ1n) is 6.65. The number of hydrogen-bond donors (Lipinski definition) is 1. The zero-order valence-electron chi connectivity index (χ0n) is 12.2. The number of pyridine rings is 1. The third kappa shape index (κ3) is 4.35. The van der Waals surface area contributed by atoms with Crippen LogP contribution in [0.4, 0.5) is 5.82 Å². The molecule has 0 unspecified atom stereocenters. The molecular weight excluding hydrogens is 248 g/mol. The number of rotatable bonds is 4. The average Bonchev–Trinajstić information content (AvgIpc) is 2.50. The van der Waals surface area contributed by atoms with E-state index in [9.17, 15) is 4.79 Å². The molecule has 1 N–H and O–H groups in total. The number of aromatic nitrogens is 1. The maximum atomic E-state index is 11.2. The van der Waals surface area contributed by atoms with Crippen molar-refractivity contribution in [3.05, 3.63) is 66.4 Å². The number of Topliss-reactive ketones (excluding diaryl/α,β-unsaturated/α-hetero) is 1. The Morgan fingerprint density at radius 1 is 1.05 bits per heavy atom. The standard InChI is InChI=1S/C15H14N2O.C2H6/c1-11(17-15-5-3-4-10-16-15)13-6-8-14(9-7-13)12(2)18;1-2/h3-10H,1H2,2H3,(H,16,17);1-2H3. The molecule has 1 aromatic heterocycles. The lowest BCUT2D eigenvalue weighted by molar-refractivity contribution is 0.101. The van der Waals surface area contributed by atoms with E-state index in [0.29, 0.717) is 5.56 Å². The summed E-state index contributed by atoms with van der Waals surface area (Å²) >= 11 is 0. The molecule has 2 aromatic rings. The molecule has 3 nitrogen and oxygen atoms in total. The Hall–Kier alpha value is -2.42. The number of carbonyl (C=O) groups is 1. The summed E-state index contributed by atoms with van der Waals surface area (Å²) in [6, 6.07) is 13.0. The zero-order valence-corrected chi connectivity index (χ0v) is 12.2. The molecule has 0 fully saturated rings. The Kier molecular flexibility index (Phi) is 6.17. The van der Waals surface area contributed by atoms with Gasteiger partial charge in [0.1, 0.15) is 5.82 Å². The fraction of sp³-hybridized carbons (Fsp3) is 0.176. The maximum absolute atomic E-state index is 11.2. The number of nitrogens with zero attached hydrogens (tertiary/aromatic N) is 1. The van der Waals surface area contributed by atoms with Crippen LogP contribution in [0.25, 0.3) is 5.70 Å². The number of carbonyl (C=O) groups excluding carboxylic acids is 1. The molecule has 0 radical (unpaired) electrons. The molecule has 0 saturated carbocycles. The summed E-state index contributed by atoms with van der Waals surface area (Å²) in [5.41, 5.74) is 2.39. The lowest BCUT2D eigenvalue weighted by Crippen LogP contribution is -1.99. The van der Waals surface area contributed by atoms with Crippen molar-refractivity contribution in [2.75, 3.05) is 5.32 Å². The largest absolute Gasteiger partial charge is 0.340 e. The Balaban J connectivity index is 0.000000956. The summed E-state index contributed by atoms with van der Waals surface area (Å²) < 4.78 is 0. The third-order valence-electron chi connectivity index (χ3n) is 2.58. The molecule has 104 valence electrons. The van der Waals surface area contributed by atoms with Crippen molar-refractivity contribution in [1.29, 1.82) is 0 Å². The van der Waals surface area contributed by atoms with Gasteiger partial charge in [-0.25, -0.2) is 4.98 Å². The minimum atomic E-state index is 0.0600. The molecule has 0 aliphatic carbocycles. The van der Waals surface area contributed by atoms with Gasteiger partial charge >= 0.3 is 0 Å². The van der Waals surface area contributed by atoms with Gasteiger partial charge in [-0.15, -0.1) is 0 Å². The highest BCUT2D eigenvalue weighted by Gasteiger charge is 2.02. The Morgan fingerprint density at radius 3 is 2.15 bits per heavy atom. The van der Waals surface area contributed by atoms with Crippen molar-refractivity contribution in [2.45, 2.75) is 20.8 Å². The van der Waals surface area contributed by atoms with Gasteiger partial charge in [0.25, 0.3) is 0 Å². The van der Waals surface area contributed by atoms with E-state index in [-0.39, 0.29) is 5.78 Å². The van der Waals surface area contributed by atoms with Gasteiger partial charge in [-0.1, -0.05) is 50.8 Å². The molecule has 1 heterocycles. The van der Waals surface area contributed by atoms with Crippen LogP contribution in [0.2, 0.25) is 0 Å². The molecule has 0 saturated heterocycles. The van der Waals surface area contributed by atoms with Crippen molar-refractivity contribution in [1.82, 2.24) is 4.98 Å². The number of anilines is 1. The van der Waals surface area contributed by atoms with Gasteiger partial charge in [0.05, 0.1) is 0 Å². The Morgan fingerprint density at radius 2 is 1.65 bits per heavy atom. The van der Waals surface area contributed by atoms with E-state index in [2.05, 4.69) is 16.9 Å². The fourth-order valence-electron chi connectivity index (χ4n) is 1.57. The van der Waals surface area contributed by atoms with Crippen LogP contribution in [0.3, 0.4) is 0 Å². The maximum Gasteiger partial charge on any atom is 0.159 e. The van der Waals surface area contributed by atoms with Crippen LogP contribution in [-0.2, 0) is 0 Å². The van der Waals surface area contributed by atoms with E-state index >= 15 is 0 Å². The first-order valence-corrected chi connectivity index (χ1v) is 6.65. The second kappa shape index (κ2) is 7.89. The van der Waals surface area contributed by atoms with Gasteiger partial charge in [-0.2, -0.15) is 0 Å². The van der Waals surface area contributed by atoms with E-state index in [0.717, 1.165) is 17.1 Å². The lowest BCUT2D eigenvalue weighted by atomic mass is 10.1. The van der Waals surface area contributed by atoms with E-state index in [1.165, 1.54) is 0 Å². The minimum Gasteiger partial charge on any atom is -0.340 e. The zero-order chi connectivity index (χ0) is 15.0.